The highest BCUT2D eigenvalue weighted by molar-refractivity contribution is 7.79. The lowest BCUT2D eigenvalue weighted by atomic mass is 10.4. The minimum absolute atomic E-state index is 0.222. The number of rotatable bonds is 4. The quantitative estimate of drug-likeness (QED) is 0.738. The van der Waals surface area contributed by atoms with E-state index in [9.17, 15) is 4.79 Å². The van der Waals surface area contributed by atoms with Crippen LogP contribution in [0, 0.1) is 0 Å². The summed E-state index contributed by atoms with van der Waals surface area (Å²) in [7, 11) is -0.877. The molecule has 0 aliphatic rings. The van der Waals surface area contributed by atoms with Gasteiger partial charge in [-0.05, 0) is 36.4 Å². The van der Waals surface area contributed by atoms with E-state index in [2.05, 4.69) is 91.0 Å². The Labute approximate surface area is 144 Å². The zero-order valence-electron chi connectivity index (χ0n) is 13.7. The van der Waals surface area contributed by atoms with E-state index in [-0.39, 0.29) is 6.42 Å². The van der Waals surface area contributed by atoms with Crippen molar-refractivity contribution in [1.82, 2.24) is 0 Å². The maximum atomic E-state index is 9.37. The van der Waals surface area contributed by atoms with Crippen molar-refractivity contribution in [1.29, 1.82) is 0 Å². The Morgan fingerprint density at radius 1 is 0.708 bits per heavy atom. The molecule has 0 unspecified atom stereocenters. The number of benzene rings is 3. The molecular formula is C21H22O2P+. The molecule has 0 aliphatic heterocycles. The minimum atomic E-state index is -0.877. The summed E-state index contributed by atoms with van der Waals surface area (Å²) in [6, 6.07) is 32.5. The van der Waals surface area contributed by atoms with Crippen molar-refractivity contribution < 1.29 is 9.90 Å². The van der Waals surface area contributed by atoms with Crippen molar-refractivity contribution in [3.05, 3.63) is 91.0 Å². The smallest absolute Gasteiger partial charge is 0.303 e. The Hall–Kier alpha value is -2.44. The van der Waals surface area contributed by atoms with Crippen LogP contribution in [-0.4, -0.2) is 11.1 Å². The first-order chi connectivity index (χ1) is 11.7. The topological polar surface area (TPSA) is 37.3 Å². The predicted octanol–water partition coefficient (Wildman–Crippen LogP) is 3.66. The third-order valence-corrected chi connectivity index (χ3v) is 6.22. The second-order valence-electron chi connectivity index (χ2n) is 5.22. The molecule has 0 radical (unpaired) electrons. The number of carboxylic acids is 1. The molecule has 0 aliphatic carbocycles. The predicted molar refractivity (Wildman–Crippen MR) is 104 cm³/mol. The molecule has 0 aromatic heterocycles. The minimum Gasteiger partial charge on any atom is -0.481 e. The summed E-state index contributed by atoms with van der Waals surface area (Å²) in [5, 5.41) is 12.0. The van der Waals surface area contributed by atoms with Crippen molar-refractivity contribution in [2.24, 2.45) is 0 Å². The van der Waals surface area contributed by atoms with Gasteiger partial charge in [0.2, 0.25) is 0 Å². The standard InChI is InChI=1S/C18H15P.C3H6O2/c1-4-10-16(11-5-1)19(17-12-6-2-7-13-17)18-14-8-3-9-15-18;1-2-3(4)5/h1-15H;2H2,1H3,(H,4,5)/p+1. The molecule has 3 aromatic carbocycles. The van der Waals surface area contributed by atoms with Gasteiger partial charge in [0, 0.05) is 6.42 Å². The highest BCUT2D eigenvalue weighted by Crippen LogP contribution is 2.32. The molecule has 0 heterocycles. The molecular weight excluding hydrogens is 315 g/mol. The molecule has 0 amide bonds. The maximum Gasteiger partial charge on any atom is 0.303 e. The van der Waals surface area contributed by atoms with E-state index >= 15 is 0 Å². The van der Waals surface area contributed by atoms with Crippen LogP contribution in [0.5, 0.6) is 0 Å². The van der Waals surface area contributed by atoms with E-state index < -0.39 is 13.9 Å². The lowest BCUT2D eigenvalue weighted by molar-refractivity contribution is -0.136. The molecule has 1 N–H and O–H groups in total. The molecule has 0 fully saturated rings. The number of hydrogen-bond acceptors (Lipinski definition) is 1. The van der Waals surface area contributed by atoms with Gasteiger partial charge in [-0.3, -0.25) is 4.79 Å². The normalized spacial score (nSPS) is 9.92. The molecule has 3 aromatic rings. The Bertz CT molecular complexity index is 634. The highest BCUT2D eigenvalue weighted by atomic mass is 31.1. The summed E-state index contributed by atoms with van der Waals surface area (Å²) >= 11 is 0. The van der Waals surface area contributed by atoms with Gasteiger partial charge < -0.3 is 5.11 Å². The third kappa shape index (κ3) is 5.33. The second-order valence-corrected chi connectivity index (χ2v) is 7.70. The van der Waals surface area contributed by atoms with Crippen molar-refractivity contribution in [3.63, 3.8) is 0 Å². The van der Waals surface area contributed by atoms with Crippen molar-refractivity contribution in [2.75, 3.05) is 0 Å². The monoisotopic (exact) mass is 337 g/mol. The summed E-state index contributed by atoms with van der Waals surface area (Å²) in [6.07, 6.45) is 0.222. The molecule has 0 spiro atoms. The Balaban J connectivity index is 0.000000368. The molecule has 3 rings (SSSR count). The lowest BCUT2D eigenvalue weighted by Gasteiger charge is -2.10. The summed E-state index contributed by atoms with van der Waals surface area (Å²) in [5.41, 5.74) is 0. The Kier molecular flexibility index (Phi) is 7.20. The van der Waals surface area contributed by atoms with Crippen molar-refractivity contribution in [3.8, 4) is 0 Å². The van der Waals surface area contributed by atoms with Gasteiger partial charge in [-0.1, -0.05) is 61.5 Å². The number of aliphatic carboxylic acids is 1. The van der Waals surface area contributed by atoms with Crippen LogP contribution in [-0.2, 0) is 4.79 Å². The van der Waals surface area contributed by atoms with Gasteiger partial charge in [0.25, 0.3) is 0 Å². The van der Waals surface area contributed by atoms with E-state index in [1.165, 1.54) is 15.9 Å². The molecule has 0 bridgehead atoms. The third-order valence-electron chi connectivity index (χ3n) is 3.49. The van der Waals surface area contributed by atoms with Gasteiger partial charge in [0.05, 0.1) is 7.92 Å². The fourth-order valence-electron chi connectivity index (χ4n) is 2.31. The first-order valence-electron chi connectivity index (χ1n) is 7.97. The zero-order chi connectivity index (χ0) is 17.2. The van der Waals surface area contributed by atoms with Crippen LogP contribution in [0.4, 0.5) is 0 Å². The van der Waals surface area contributed by atoms with E-state index in [0.29, 0.717) is 0 Å². The summed E-state index contributed by atoms with van der Waals surface area (Å²) < 4.78 is 0. The van der Waals surface area contributed by atoms with Gasteiger partial charge in [-0.2, -0.15) is 0 Å². The van der Waals surface area contributed by atoms with Crippen LogP contribution in [0.3, 0.4) is 0 Å². The summed E-state index contributed by atoms with van der Waals surface area (Å²) in [4.78, 5) is 9.37. The van der Waals surface area contributed by atoms with Gasteiger partial charge in [-0.25, -0.2) is 0 Å². The summed E-state index contributed by atoms with van der Waals surface area (Å²) in [5.74, 6) is -0.745. The Morgan fingerprint density at radius 3 is 1.17 bits per heavy atom. The molecule has 0 saturated carbocycles. The van der Waals surface area contributed by atoms with Crippen LogP contribution in [0.25, 0.3) is 0 Å². The number of carbonyl (C=O) groups is 1. The van der Waals surface area contributed by atoms with E-state index in [4.69, 9.17) is 5.11 Å². The molecule has 24 heavy (non-hydrogen) atoms. The van der Waals surface area contributed by atoms with Crippen LogP contribution in [0.15, 0.2) is 91.0 Å². The van der Waals surface area contributed by atoms with E-state index in [1.54, 1.807) is 6.92 Å². The zero-order valence-corrected chi connectivity index (χ0v) is 14.7. The molecule has 122 valence electrons. The van der Waals surface area contributed by atoms with Crippen LogP contribution < -0.4 is 15.9 Å². The fourth-order valence-corrected chi connectivity index (χ4v) is 4.89. The highest BCUT2D eigenvalue weighted by Gasteiger charge is 2.24. The molecule has 0 saturated heterocycles. The average Bonchev–Trinajstić information content (AvgIpc) is 2.65. The summed E-state index contributed by atoms with van der Waals surface area (Å²) in [6.45, 7) is 1.60. The maximum absolute atomic E-state index is 9.37. The van der Waals surface area contributed by atoms with Crippen molar-refractivity contribution >= 4 is 29.8 Å². The molecule has 0 atom stereocenters. The van der Waals surface area contributed by atoms with Gasteiger partial charge in [0.1, 0.15) is 15.9 Å². The molecule has 3 heteroatoms. The lowest BCUT2D eigenvalue weighted by Crippen LogP contribution is -2.20. The average molecular weight is 337 g/mol. The first kappa shape index (κ1) is 17.9. The molecule has 2 nitrogen and oxygen atoms in total. The first-order valence-corrected chi connectivity index (χ1v) is 9.47. The van der Waals surface area contributed by atoms with Crippen LogP contribution in [0.2, 0.25) is 0 Å². The van der Waals surface area contributed by atoms with Gasteiger partial charge in [-0.15, -0.1) is 0 Å². The fraction of sp³-hybridized carbons (Fsp3) is 0.0952. The Morgan fingerprint density at radius 2 is 0.958 bits per heavy atom. The second kappa shape index (κ2) is 9.64. The van der Waals surface area contributed by atoms with Gasteiger partial charge in [0.15, 0.2) is 0 Å². The van der Waals surface area contributed by atoms with E-state index in [0.717, 1.165) is 0 Å². The van der Waals surface area contributed by atoms with Crippen molar-refractivity contribution in [2.45, 2.75) is 13.3 Å². The van der Waals surface area contributed by atoms with E-state index in [1.807, 2.05) is 0 Å². The van der Waals surface area contributed by atoms with Crippen LogP contribution >= 0.6 is 7.92 Å². The van der Waals surface area contributed by atoms with Crippen LogP contribution in [0.1, 0.15) is 13.3 Å². The number of carboxylic acid groups (broad SMARTS) is 1. The van der Waals surface area contributed by atoms with Gasteiger partial charge >= 0.3 is 5.97 Å². The largest absolute Gasteiger partial charge is 0.481 e. The number of hydrogen-bond donors (Lipinski definition) is 1. The SMILES string of the molecule is CCC(=O)O.c1ccc([PH+](c2ccccc2)c2ccccc2)cc1.